The van der Waals surface area contributed by atoms with E-state index in [2.05, 4.69) is 35.7 Å². The number of nitrogens with one attached hydrogen (secondary N) is 3. The van der Waals surface area contributed by atoms with E-state index < -0.39 is 10.0 Å². The molecule has 4 aromatic rings. The van der Waals surface area contributed by atoms with Gasteiger partial charge in [0.15, 0.2) is 5.82 Å². The summed E-state index contributed by atoms with van der Waals surface area (Å²) < 4.78 is 48.2. The second-order valence-electron chi connectivity index (χ2n) is 16.8. The molecule has 3 saturated heterocycles. The monoisotopic (exact) mass is 885 g/mol. The van der Waals surface area contributed by atoms with Gasteiger partial charge in [0.1, 0.15) is 22.7 Å². The lowest BCUT2D eigenvalue weighted by Gasteiger charge is -2.45. The van der Waals surface area contributed by atoms with E-state index in [9.17, 15) is 22.8 Å². The topological polar surface area (TPSA) is 169 Å². The molecule has 1 aromatic heterocycles. The number of hydrogen-bond acceptors (Lipinski definition) is 12. The minimum absolute atomic E-state index is 0.0563. The van der Waals surface area contributed by atoms with Crippen molar-refractivity contribution < 1.29 is 31.9 Å². The van der Waals surface area contributed by atoms with Gasteiger partial charge in [-0.1, -0.05) is 35.9 Å². The van der Waals surface area contributed by atoms with Crippen LogP contribution in [0.2, 0.25) is 5.02 Å². The van der Waals surface area contributed by atoms with Crippen molar-refractivity contribution in [1.82, 2.24) is 25.1 Å². The van der Waals surface area contributed by atoms with E-state index >= 15 is 4.39 Å². The summed E-state index contributed by atoms with van der Waals surface area (Å²) >= 11 is 6.46. The summed E-state index contributed by atoms with van der Waals surface area (Å²) in [6.45, 7) is 4.76. The Balaban J connectivity index is 0.728. The number of halogens is 2. The maximum atomic E-state index is 15.7. The van der Waals surface area contributed by atoms with Crippen LogP contribution in [0.15, 0.2) is 66.9 Å². The molecular weight excluding hydrogens is 837 g/mol. The molecule has 0 bridgehead atoms. The van der Waals surface area contributed by atoms with Crippen LogP contribution in [0.3, 0.4) is 0 Å². The van der Waals surface area contributed by atoms with Crippen molar-refractivity contribution in [2.45, 2.75) is 63.0 Å². The van der Waals surface area contributed by atoms with Crippen LogP contribution in [0.4, 0.5) is 38.9 Å². The van der Waals surface area contributed by atoms with Crippen molar-refractivity contribution in [2.24, 2.45) is 5.92 Å². The van der Waals surface area contributed by atoms with E-state index in [1.165, 1.54) is 22.8 Å². The van der Waals surface area contributed by atoms with Gasteiger partial charge in [0, 0.05) is 69.9 Å². The first-order valence-corrected chi connectivity index (χ1v) is 23.4. The molecule has 5 aliphatic rings. The number of benzene rings is 3. The van der Waals surface area contributed by atoms with Crippen molar-refractivity contribution in [3.63, 3.8) is 0 Å². The third kappa shape index (κ3) is 8.88. The first-order chi connectivity index (χ1) is 29.9. The van der Waals surface area contributed by atoms with Gasteiger partial charge in [-0.3, -0.25) is 28.9 Å². The molecule has 3 aromatic carbocycles. The fourth-order valence-corrected chi connectivity index (χ4v) is 10.5. The molecule has 4 aliphatic heterocycles. The SMILES string of the molecule is CS(=O)(=O)N1CCc2cccc(Nc3nc(Nc4ccc(N5CCC(N6CCN(C(=O)[C@H]7C[C@@H](Oc8cccc(C9CCC(=O)NC9=O)c8)C7)CC6)CC5)c(F)c4)ncc3Cl)c21. The van der Waals surface area contributed by atoms with E-state index in [-0.39, 0.29) is 58.3 Å². The van der Waals surface area contributed by atoms with Gasteiger partial charge in [-0.2, -0.15) is 4.98 Å². The largest absolute Gasteiger partial charge is 0.490 e. The minimum atomic E-state index is -3.48. The smallest absolute Gasteiger partial charge is 0.234 e. The highest BCUT2D eigenvalue weighted by atomic mass is 35.5. The summed E-state index contributed by atoms with van der Waals surface area (Å²) in [5, 5.41) is 8.90. The molecule has 5 heterocycles. The minimum Gasteiger partial charge on any atom is -0.490 e. The molecule has 0 radical (unpaired) electrons. The zero-order valence-electron chi connectivity index (χ0n) is 34.4. The number of hydrogen-bond donors (Lipinski definition) is 3. The number of amides is 3. The van der Waals surface area contributed by atoms with Crippen molar-refractivity contribution in [3.8, 4) is 5.75 Å². The number of anilines is 6. The molecule has 326 valence electrons. The number of nitrogens with zero attached hydrogens (tertiary/aromatic N) is 6. The summed E-state index contributed by atoms with van der Waals surface area (Å²) in [5.74, 6) is 0.0166. The quantitative estimate of drug-likeness (QED) is 0.161. The number of sulfonamides is 1. The standard InChI is InChI=1S/C44H49ClFN9O6S/c1-62(59,60)55-17-12-27-4-3-7-37(40(27)55)49-41-35(45)26-47-44(51-41)48-30-8-10-38(36(46)25-30)53-15-13-31(14-16-53)52-18-20-54(21-19-52)43(58)29-23-33(24-29)61-32-6-2-5-28(22-32)34-9-11-39(56)50-42(34)57/h2-8,10,22,25-26,29,31,33-34H,9,11-21,23-24H2,1H3,(H,50,56,57)(H2,47,48,49,51)/t29-,33+,34?. The average Bonchev–Trinajstić information content (AvgIpc) is 3.70. The van der Waals surface area contributed by atoms with Crippen LogP contribution < -0.4 is 29.9 Å². The van der Waals surface area contributed by atoms with Gasteiger partial charge >= 0.3 is 0 Å². The Hall–Kier alpha value is -5.52. The highest BCUT2D eigenvalue weighted by molar-refractivity contribution is 7.92. The van der Waals surface area contributed by atoms with Gasteiger partial charge in [0.2, 0.25) is 33.7 Å². The van der Waals surface area contributed by atoms with E-state index in [1.807, 2.05) is 41.3 Å². The Labute approximate surface area is 365 Å². The summed E-state index contributed by atoms with van der Waals surface area (Å²) in [4.78, 5) is 52.7. The molecule has 3 amide bonds. The van der Waals surface area contributed by atoms with Gasteiger partial charge in [-0.15, -0.1) is 0 Å². The van der Waals surface area contributed by atoms with Crippen LogP contribution in [0.1, 0.15) is 55.6 Å². The number of ether oxygens (including phenoxy) is 1. The summed E-state index contributed by atoms with van der Waals surface area (Å²) in [6.07, 6.45) is 7.05. The van der Waals surface area contributed by atoms with Gasteiger partial charge < -0.3 is 25.2 Å². The van der Waals surface area contributed by atoms with Gasteiger partial charge in [-0.25, -0.2) is 17.8 Å². The van der Waals surface area contributed by atoms with E-state index in [4.69, 9.17) is 16.3 Å². The summed E-state index contributed by atoms with van der Waals surface area (Å²) in [6, 6.07) is 18.3. The molecule has 3 N–H and O–H groups in total. The number of imide groups is 1. The zero-order valence-corrected chi connectivity index (χ0v) is 35.9. The number of carbonyl (C=O) groups is 3. The Bertz CT molecular complexity index is 2490. The van der Waals surface area contributed by atoms with Crippen LogP contribution in [0.25, 0.3) is 0 Å². The first-order valence-electron chi connectivity index (χ1n) is 21.2. The Morgan fingerprint density at radius 1 is 0.919 bits per heavy atom. The number of rotatable bonds is 11. The number of piperazine rings is 1. The van der Waals surface area contributed by atoms with Crippen LogP contribution in [0, 0.1) is 11.7 Å². The third-order valence-corrected chi connectivity index (χ3v) is 14.2. The predicted molar refractivity (Wildman–Crippen MR) is 234 cm³/mol. The Kier molecular flexibility index (Phi) is 11.7. The van der Waals surface area contributed by atoms with Crippen molar-refractivity contribution in [3.05, 3.63) is 88.8 Å². The van der Waals surface area contributed by atoms with Crippen LogP contribution >= 0.6 is 11.6 Å². The van der Waals surface area contributed by atoms with Crippen LogP contribution in [0.5, 0.6) is 5.75 Å². The van der Waals surface area contributed by atoms with E-state index in [1.54, 1.807) is 18.2 Å². The molecule has 1 aliphatic carbocycles. The van der Waals surface area contributed by atoms with E-state index in [0.717, 1.165) is 37.1 Å². The highest BCUT2D eigenvalue weighted by Gasteiger charge is 2.40. The zero-order chi connectivity index (χ0) is 43.1. The van der Waals surface area contributed by atoms with Crippen LogP contribution in [-0.2, 0) is 30.8 Å². The molecule has 1 atom stereocenters. The second-order valence-corrected chi connectivity index (χ2v) is 19.1. The van der Waals surface area contributed by atoms with Gasteiger partial charge in [-0.05, 0) is 86.1 Å². The van der Waals surface area contributed by atoms with Crippen molar-refractivity contribution in [1.29, 1.82) is 0 Å². The molecular formula is C44H49ClFN9O6S. The van der Waals surface area contributed by atoms with Gasteiger partial charge in [0.25, 0.3) is 0 Å². The number of fused-ring (bicyclic) bond motifs is 1. The fraction of sp³-hybridized carbons (Fsp3) is 0.432. The number of piperidine rings is 2. The average molecular weight is 886 g/mol. The predicted octanol–water partition coefficient (Wildman–Crippen LogP) is 5.57. The highest BCUT2D eigenvalue weighted by Crippen LogP contribution is 2.40. The Morgan fingerprint density at radius 2 is 1.69 bits per heavy atom. The van der Waals surface area contributed by atoms with Crippen LogP contribution in [-0.4, -0.2) is 110 Å². The molecule has 9 rings (SSSR count). The maximum absolute atomic E-state index is 15.7. The number of aromatic nitrogens is 2. The second kappa shape index (κ2) is 17.3. The number of carbonyl (C=O) groups excluding carboxylic acids is 3. The van der Waals surface area contributed by atoms with Crippen molar-refractivity contribution >= 4 is 73.9 Å². The molecule has 62 heavy (non-hydrogen) atoms. The lowest BCUT2D eigenvalue weighted by atomic mass is 9.81. The normalized spacial score (nSPS) is 22.2. The molecule has 0 spiro atoms. The van der Waals surface area contributed by atoms with E-state index in [0.29, 0.717) is 99.4 Å². The number of para-hydroxylation sites is 1. The van der Waals surface area contributed by atoms with Gasteiger partial charge in [0.05, 0.1) is 35.4 Å². The maximum Gasteiger partial charge on any atom is 0.234 e. The summed E-state index contributed by atoms with van der Waals surface area (Å²) in [7, 11) is -3.48. The first kappa shape index (κ1) is 41.8. The third-order valence-electron chi connectivity index (χ3n) is 12.7. The van der Waals surface area contributed by atoms with Crippen molar-refractivity contribution in [2.75, 3.05) is 71.9 Å². The Morgan fingerprint density at radius 3 is 2.44 bits per heavy atom. The molecule has 4 fully saturated rings. The lowest BCUT2D eigenvalue weighted by Crippen LogP contribution is -2.56. The lowest BCUT2D eigenvalue weighted by molar-refractivity contribution is -0.143. The summed E-state index contributed by atoms with van der Waals surface area (Å²) in [5.41, 5.74) is 3.84. The molecule has 1 unspecified atom stereocenters. The molecule has 15 nitrogen and oxygen atoms in total. The molecule has 1 saturated carbocycles. The fourth-order valence-electron chi connectivity index (χ4n) is 9.38. The molecule has 18 heteroatoms.